The summed E-state index contributed by atoms with van der Waals surface area (Å²) in [5.41, 5.74) is 3.33. The summed E-state index contributed by atoms with van der Waals surface area (Å²) in [6, 6.07) is 11.5. The summed E-state index contributed by atoms with van der Waals surface area (Å²) >= 11 is 0. The van der Waals surface area contributed by atoms with Gasteiger partial charge in [-0.05, 0) is 48.9 Å². The van der Waals surface area contributed by atoms with Crippen molar-refractivity contribution in [2.45, 2.75) is 64.5 Å². The largest absolute Gasteiger partial charge is 0.467 e. The molecule has 5 rings (SSSR count). The Hall–Kier alpha value is -3.02. The van der Waals surface area contributed by atoms with Gasteiger partial charge >= 0.3 is 0 Å². The molecule has 0 saturated heterocycles. The molecule has 168 valence electrons. The van der Waals surface area contributed by atoms with E-state index >= 15 is 0 Å². The number of fused-ring (bicyclic) bond motifs is 1. The highest BCUT2D eigenvalue weighted by Crippen LogP contribution is 2.48. The van der Waals surface area contributed by atoms with Gasteiger partial charge in [-0.25, -0.2) is 0 Å². The third kappa shape index (κ3) is 3.94. The molecule has 2 aliphatic carbocycles. The van der Waals surface area contributed by atoms with Crippen molar-refractivity contribution in [3.05, 3.63) is 59.7 Å². The average molecular weight is 434 g/mol. The van der Waals surface area contributed by atoms with Crippen molar-refractivity contribution < 1.29 is 14.0 Å². The summed E-state index contributed by atoms with van der Waals surface area (Å²) in [5, 5.41) is 6.77. The fraction of sp³-hybridized carbons (Fsp3) is 0.462. The van der Waals surface area contributed by atoms with Crippen molar-refractivity contribution in [1.29, 1.82) is 0 Å². The Labute approximate surface area is 189 Å². The first-order valence-electron chi connectivity index (χ1n) is 11.6. The highest BCUT2D eigenvalue weighted by molar-refractivity contribution is 6.01. The van der Waals surface area contributed by atoms with Gasteiger partial charge in [-0.2, -0.15) is 0 Å². The number of ketones is 1. The minimum atomic E-state index is -0.450. The standard InChI is InChI=1S/C26H31N3O3/c1-26(2)14-19-24(21(30)15-26)25(22-12-7-13-32-22)29(20-11-6-5-10-18(20)28-19)16-23(31)27-17-8-3-4-9-17/h5-7,10-13,17,25,28H,3-4,8-9,14-16H2,1-2H3,(H,27,31)/t25-/m0/s1. The Balaban J connectivity index is 1.60. The van der Waals surface area contributed by atoms with Crippen molar-refractivity contribution >= 4 is 23.1 Å². The van der Waals surface area contributed by atoms with Crippen LogP contribution < -0.4 is 15.5 Å². The molecular formula is C26H31N3O3. The van der Waals surface area contributed by atoms with Gasteiger partial charge < -0.3 is 20.0 Å². The lowest BCUT2D eigenvalue weighted by molar-refractivity contribution is -0.121. The van der Waals surface area contributed by atoms with Crippen LogP contribution in [0.1, 0.15) is 64.2 Å². The Kier molecular flexibility index (Phi) is 5.31. The molecule has 1 atom stereocenters. The van der Waals surface area contributed by atoms with E-state index in [0.29, 0.717) is 17.8 Å². The number of anilines is 2. The monoisotopic (exact) mass is 433 g/mol. The lowest BCUT2D eigenvalue weighted by atomic mass is 9.74. The van der Waals surface area contributed by atoms with Crippen molar-refractivity contribution in [2.24, 2.45) is 5.41 Å². The molecule has 2 heterocycles. The predicted molar refractivity (Wildman–Crippen MR) is 124 cm³/mol. The van der Waals surface area contributed by atoms with Gasteiger partial charge in [-0.1, -0.05) is 38.8 Å². The number of Topliss-reactive ketones (excluding diaryl/α,β-unsaturated/α-hetero) is 1. The van der Waals surface area contributed by atoms with E-state index in [1.54, 1.807) is 6.26 Å². The van der Waals surface area contributed by atoms with E-state index < -0.39 is 6.04 Å². The molecule has 1 fully saturated rings. The summed E-state index contributed by atoms with van der Waals surface area (Å²) in [4.78, 5) is 28.7. The SMILES string of the molecule is CC1(C)CC(=O)C2=C(C1)Nc1ccccc1N(CC(=O)NC1CCCC1)[C@H]2c1ccco1. The van der Waals surface area contributed by atoms with E-state index in [2.05, 4.69) is 24.5 Å². The van der Waals surface area contributed by atoms with Crippen LogP contribution in [0.4, 0.5) is 11.4 Å². The van der Waals surface area contributed by atoms with Crippen LogP contribution in [0.5, 0.6) is 0 Å². The lowest BCUT2D eigenvalue weighted by Gasteiger charge is -2.36. The molecule has 0 spiro atoms. The van der Waals surface area contributed by atoms with E-state index in [1.807, 2.05) is 41.3 Å². The minimum absolute atomic E-state index is 0.0177. The maximum atomic E-state index is 13.5. The quantitative estimate of drug-likeness (QED) is 0.713. The van der Waals surface area contributed by atoms with Gasteiger partial charge in [-0.3, -0.25) is 9.59 Å². The van der Waals surface area contributed by atoms with Gasteiger partial charge in [0.1, 0.15) is 11.8 Å². The first-order chi connectivity index (χ1) is 15.4. The second-order valence-electron chi connectivity index (χ2n) is 10.1. The molecule has 2 aromatic rings. The van der Waals surface area contributed by atoms with Crippen LogP contribution in [0.25, 0.3) is 0 Å². The van der Waals surface area contributed by atoms with Gasteiger partial charge in [0, 0.05) is 23.7 Å². The number of hydrogen-bond acceptors (Lipinski definition) is 5. The molecule has 6 heteroatoms. The van der Waals surface area contributed by atoms with E-state index in [0.717, 1.165) is 49.2 Å². The fourth-order valence-corrected chi connectivity index (χ4v) is 5.47. The number of benzene rings is 1. The Bertz CT molecular complexity index is 1050. The molecule has 6 nitrogen and oxygen atoms in total. The van der Waals surface area contributed by atoms with Crippen LogP contribution in [-0.4, -0.2) is 24.3 Å². The third-order valence-corrected chi connectivity index (χ3v) is 6.85. The Morgan fingerprint density at radius 3 is 2.69 bits per heavy atom. The summed E-state index contributed by atoms with van der Waals surface area (Å²) in [6.07, 6.45) is 7.27. The zero-order valence-corrected chi connectivity index (χ0v) is 18.8. The van der Waals surface area contributed by atoms with Crippen LogP contribution in [-0.2, 0) is 9.59 Å². The highest BCUT2D eigenvalue weighted by atomic mass is 16.3. The predicted octanol–water partition coefficient (Wildman–Crippen LogP) is 4.95. The fourth-order valence-electron chi connectivity index (χ4n) is 5.47. The molecular weight excluding hydrogens is 402 g/mol. The number of nitrogens with zero attached hydrogens (tertiary/aromatic N) is 1. The van der Waals surface area contributed by atoms with Crippen molar-refractivity contribution in [2.75, 3.05) is 16.8 Å². The molecule has 0 bridgehead atoms. The second kappa shape index (κ2) is 8.15. The van der Waals surface area contributed by atoms with Crippen LogP contribution >= 0.6 is 0 Å². The van der Waals surface area contributed by atoms with Crippen molar-refractivity contribution in [1.82, 2.24) is 5.32 Å². The molecule has 1 aromatic carbocycles. The van der Waals surface area contributed by atoms with Gasteiger partial charge in [0.2, 0.25) is 5.91 Å². The van der Waals surface area contributed by atoms with Crippen molar-refractivity contribution in [3.63, 3.8) is 0 Å². The van der Waals surface area contributed by atoms with Gasteiger partial charge in [0.15, 0.2) is 5.78 Å². The number of carbonyl (C=O) groups is 2. The summed E-state index contributed by atoms with van der Waals surface area (Å²) < 4.78 is 5.85. The molecule has 3 aliphatic rings. The number of amides is 1. The number of carbonyl (C=O) groups excluding carboxylic acids is 2. The second-order valence-corrected chi connectivity index (χ2v) is 10.1. The van der Waals surface area contributed by atoms with E-state index in [4.69, 9.17) is 4.42 Å². The van der Waals surface area contributed by atoms with E-state index in [1.165, 1.54) is 0 Å². The Morgan fingerprint density at radius 2 is 1.94 bits per heavy atom. The zero-order chi connectivity index (χ0) is 22.3. The minimum Gasteiger partial charge on any atom is -0.467 e. The van der Waals surface area contributed by atoms with E-state index in [-0.39, 0.29) is 29.7 Å². The number of rotatable bonds is 4. The Morgan fingerprint density at radius 1 is 1.16 bits per heavy atom. The van der Waals surface area contributed by atoms with Crippen LogP contribution in [0.3, 0.4) is 0 Å². The van der Waals surface area contributed by atoms with Gasteiger partial charge in [-0.15, -0.1) is 0 Å². The van der Waals surface area contributed by atoms with Gasteiger partial charge in [0.05, 0.1) is 24.2 Å². The first kappa shape index (κ1) is 20.9. The molecule has 0 radical (unpaired) electrons. The normalized spacial score (nSPS) is 22.8. The number of allylic oxidation sites excluding steroid dienone is 1. The molecule has 1 aliphatic heterocycles. The zero-order valence-electron chi connectivity index (χ0n) is 18.8. The maximum absolute atomic E-state index is 13.5. The summed E-state index contributed by atoms with van der Waals surface area (Å²) in [6.45, 7) is 4.41. The molecule has 32 heavy (non-hydrogen) atoms. The van der Waals surface area contributed by atoms with Crippen LogP contribution in [0, 0.1) is 5.41 Å². The molecule has 2 N–H and O–H groups in total. The third-order valence-electron chi connectivity index (χ3n) is 6.85. The first-order valence-corrected chi connectivity index (χ1v) is 11.6. The smallest absolute Gasteiger partial charge is 0.239 e. The van der Waals surface area contributed by atoms with Crippen LogP contribution in [0.2, 0.25) is 0 Å². The topological polar surface area (TPSA) is 74.6 Å². The number of nitrogens with one attached hydrogen (secondary N) is 2. The molecule has 1 amide bonds. The maximum Gasteiger partial charge on any atom is 0.239 e. The number of para-hydroxylation sites is 2. The summed E-state index contributed by atoms with van der Waals surface area (Å²) in [7, 11) is 0. The average Bonchev–Trinajstić information content (AvgIpc) is 3.41. The highest BCUT2D eigenvalue weighted by Gasteiger charge is 2.43. The lowest BCUT2D eigenvalue weighted by Crippen LogP contribution is -2.44. The molecule has 1 aromatic heterocycles. The number of furan rings is 1. The van der Waals surface area contributed by atoms with Crippen molar-refractivity contribution in [3.8, 4) is 0 Å². The molecule has 0 unspecified atom stereocenters. The van der Waals surface area contributed by atoms with Crippen LogP contribution in [0.15, 0.2) is 58.3 Å². The number of hydrogen-bond donors (Lipinski definition) is 2. The van der Waals surface area contributed by atoms with Gasteiger partial charge in [0.25, 0.3) is 0 Å². The van der Waals surface area contributed by atoms with E-state index in [9.17, 15) is 9.59 Å². The molecule has 1 saturated carbocycles. The summed E-state index contributed by atoms with van der Waals surface area (Å²) in [5.74, 6) is 0.771.